The first-order chi connectivity index (χ1) is 27.3. The molecule has 0 saturated carbocycles. The molecular formula is C52H32N2S. The molecule has 0 saturated heterocycles. The summed E-state index contributed by atoms with van der Waals surface area (Å²) in [6.45, 7) is 0. The van der Waals surface area contributed by atoms with Crippen LogP contribution in [0.25, 0.3) is 109 Å². The molecule has 9 aromatic carbocycles. The van der Waals surface area contributed by atoms with E-state index >= 15 is 0 Å². The number of benzene rings is 9. The van der Waals surface area contributed by atoms with Gasteiger partial charge in [-0.15, -0.1) is 11.3 Å². The molecule has 0 amide bonds. The Morgan fingerprint density at radius 1 is 0.309 bits per heavy atom. The first kappa shape index (κ1) is 31.6. The van der Waals surface area contributed by atoms with E-state index in [-0.39, 0.29) is 0 Å². The Hall–Kier alpha value is -6.94. The fourth-order valence-corrected chi connectivity index (χ4v) is 9.56. The summed E-state index contributed by atoms with van der Waals surface area (Å²) in [7, 11) is 0. The molecule has 0 aliphatic carbocycles. The molecule has 0 bridgehead atoms. The van der Waals surface area contributed by atoms with E-state index in [1.807, 2.05) is 17.5 Å². The van der Waals surface area contributed by atoms with Crippen LogP contribution in [0, 0.1) is 0 Å². The van der Waals surface area contributed by atoms with Crippen molar-refractivity contribution in [2.24, 2.45) is 0 Å². The Morgan fingerprint density at radius 2 is 0.764 bits per heavy atom. The van der Waals surface area contributed by atoms with Gasteiger partial charge in [-0.25, -0.2) is 4.98 Å². The molecule has 0 N–H and O–H groups in total. The lowest BCUT2D eigenvalue weighted by Crippen LogP contribution is -1.92. The van der Waals surface area contributed by atoms with E-state index in [1.54, 1.807) is 0 Å². The predicted molar refractivity (Wildman–Crippen MR) is 235 cm³/mol. The van der Waals surface area contributed by atoms with Crippen molar-refractivity contribution in [3.8, 4) is 55.8 Å². The zero-order valence-corrected chi connectivity index (χ0v) is 30.6. The molecule has 55 heavy (non-hydrogen) atoms. The van der Waals surface area contributed by atoms with Gasteiger partial charge in [-0.1, -0.05) is 158 Å². The van der Waals surface area contributed by atoms with E-state index in [0.29, 0.717) is 0 Å². The molecule has 11 aromatic rings. The Morgan fingerprint density at radius 3 is 1.35 bits per heavy atom. The number of hydrogen-bond acceptors (Lipinski definition) is 3. The molecule has 2 heterocycles. The summed E-state index contributed by atoms with van der Waals surface area (Å²) in [5, 5.41) is 7.18. The number of fused-ring (bicyclic) bond motifs is 9. The van der Waals surface area contributed by atoms with E-state index in [0.717, 1.165) is 38.6 Å². The molecular weight excluding hydrogens is 685 g/mol. The highest BCUT2D eigenvalue weighted by molar-refractivity contribution is 7.27. The van der Waals surface area contributed by atoms with Gasteiger partial charge in [0.1, 0.15) is 0 Å². The molecule has 2 nitrogen and oxygen atoms in total. The summed E-state index contributed by atoms with van der Waals surface area (Å²) >= 11 is 1.90. The van der Waals surface area contributed by atoms with Crippen LogP contribution in [0.15, 0.2) is 194 Å². The minimum Gasteiger partial charge on any atom is -0.252 e. The highest BCUT2D eigenvalue weighted by atomic mass is 32.1. The summed E-state index contributed by atoms with van der Waals surface area (Å²) in [6, 6.07) is 67.7. The summed E-state index contributed by atoms with van der Waals surface area (Å²) in [6.07, 6.45) is 1.93. The second-order valence-electron chi connectivity index (χ2n) is 14.1. The fraction of sp³-hybridized carbons (Fsp3) is 0. The summed E-state index contributed by atoms with van der Waals surface area (Å²) < 4.78 is 2.60. The Kier molecular flexibility index (Phi) is 7.39. The second kappa shape index (κ2) is 12.9. The summed E-state index contributed by atoms with van der Waals surface area (Å²) in [5.74, 6) is 0. The van der Waals surface area contributed by atoms with Crippen LogP contribution in [0.4, 0.5) is 0 Å². The van der Waals surface area contributed by atoms with E-state index in [1.165, 1.54) is 69.9 Å². The van der Waals surface area contributed by atoms with Gasteiger partial charge in [0, 0.05) is 47.6 Å². The van der Waals surface area contributed by atoms with Gasteiger partial charge in [0.15, 0.2) is 0 Å². The smallest absolute Gasteiger partial charge is 0.0979 e. The number of hydrogen-bond donors (Lipinski definition) is 0. The van der Waals surface area contributed by atoms with E-state index < -0.39 is 0 Å². The molecule has 2 aromatic heterocycles. The molecule has 256 valence electrons. The third kappa shape index (κ3) is 5.32. The van der Waals surface area contributed by atoms with E-state index in [2.05, 4.69) is 188 Å². The summed E-state index contributed by atoms with van der Waals surface area (Å²) in [4.78, 5) is 10.4. The van der Waals surface area contributed by atoms with Crippen LogP contribution in [-0.2, 0) is 0 Å². The predicted octanol–water partition coefficient (Wildman–Crippen LogP) is 14.6. The second-order valence-corrected chi connectivity index (χ2v) is 15.1. The first-order valence-corrected chi connectivity index (χ1v) is 19.5. The lowest BCUT2D eigenvalue weighted by molar-refractivity contribution is 1.31. The molecule has 11 rings (SSSR count). The highest BCUT2D eigenvalue weighted by Gasteiger charge is 2.19. The van der Waals surface area contributed by atoms with Gasteiger partial charge in [0.25, 0.3) is 0 Å². The van der Waals surface area contributed by atoms with Crippen LogP contribution in [0.5, 0.6) is 0 Å². The lowest BCUT2D eigenvalue weighted by atomic mass is 9.92. The Labute approximate surface area is 322 Å². The largest absolute Gasteiger partial charge is 0.252 e. The fourth-order valence-electron chi connectivity index (χ4n) is 8.23. The van der Waals surface area contributed by atoms with Crippen molar-refractivity contribution >= 4 is 64.1 Å². The number of nitrogens with zero attached hydrogens (tertiary/aromatic N) is 2. The van der Waals surface area contributed by atoms with Crippen molar-refractivity contribution < 1.29 is 0 Å². The van der Waals surface area contributed by atoms with Crippen LogP contribution in [0.1, 0.15) is 0 Å². The lowest BCUT2D eigenvalue weighted by Gasteiger charge is -2.12. The van der Waals surface area contributed by atoms with Gasteiger partial charge in [-0.2, -0.15) is 0 Å². The van der Waals surface area contributed by atoms with Crippen molar-refractivity contribution in [2.75, 3.05) is 0 Å². The van der Waals surface area contributed by atoms with Gasteiger partial charge < -0.3 is 0 Å². The quantitative estimate of drug-likeness (QED) is 0.166. The SMILES string of the molecule is c1ccc(-c2cc(-c3ccccc3)c3sc4c(-c5ccccc5)cc(-c5cccc(-c6cnc7c8ccccc8c8ccccc8c7n6)c5)cc4c3c2)cc1. The van der Waals surface area contributed by atoms with Crippen LogP contribution in [0.3, 0.4) is 0 Å². The molecule has 0 unspecified atom stereocenters. The van der Waals surface area contributed by atoms with Crippen LogP contribution < -0.4 is 0 Å². The maximum Gasteiger partial charge on any atom is 0.0979 e. The minimum absolute atomic E-state index is 0.861. The van der Waals surface area contributed by atoms with E-state index in [9.17, 15) is 0 Å². The van der Waals surface area contributed by atoms with Gasteiger partial charge >= 0.3 is 0 Å². The zero-order valence-electron chi connectivity index (χ0n) is 29.8. The number of thiophene rings is 1. The standard InChI is InChI=1S/C52H32N2S/c1-4-15-33(16-5-1)38-28-44(34-17-6-2-7-18-34)51-46(30-38)47-31-39(29-45(52(47)55-51)35-19-8-3-9-20-35)36-21-14-22-37(27-36)48-32-53-49-42-25-12-10-23-40(42)41-24-11-13-26-43(41)50(49)54-48/h1-32H. The maximum atomic E-state index is 5.32. The third-order valence-corrected chi connectivity index (χ3v) is 12.2. The van der Waals surface area contributed by atoms with Crippen molar-refractivity contribution in [3.63, 3.8) is 0 Å². The van der Waals surface area contributed by atoms with Crippen molar-refractivity contribution in [2.45, 2.75) is 0 Å². The third-order valence-electron chi connectivity index (χ3n) is 10.9. The highest BCUT2D eigenvalue weighted by Crippen LogP contribution is 2.47. The first-order valence-electron chi connectivity index (χ1n) is 18.6. The normalized spacial score (nSPS) is 11.6. The molecule has 0 aliphatic heterocycles. The monoisotopic (exact) mass is 716 g/mol. The topological polar surface area (TPSA) is 25.8 Å². The summed E-state index contributed by atoms with van der Waals surface area (Å²) in [5.41, 5.74) is 13.4. The van der Waals surface area contributed by atoms with Gasteiger partial charge in [0.05, 0.1) is 22.9 Å². The maximum absolute atomic E-state index is 5.32. The average molecular weight is 717 g/mol. The van der Waals surface area contributed by atoms with Crippen molar-refractivity contribution in [1.82, 2.24) is 9.97 Å². The number of aromatic nitrogens is 2. The molecule has 0 radical (unpaired) electrons. The molecule has 0 fully saturated rings. The van der Waals surface area contributed by atoms with Crippen LogP contribution in [0.2, 0.25) is 0 Å². The molecule has 0 atom stereocenters. The van der Waals surface area contributed by atoms with E-state index in [4.69, 9.17) is 9.97 Å². The number of rotatable bonds is 5. The van der Waals surface area contributed by atoms with Crippen molar-refractivity contribution in [3.05, 3.63) is 194 Å². The molecule has 0 spiro atoms. The Bertz CT molecular complexity index is 3210. The average Bonchev–Trinajstić information content (AvgIpc) is 3.65. The molecule has 0 aliphatic rings. The van der Waals surface area contributed by atoms with Gasteiger partial charge in [-0.05, 0) is 74.5 Å². The van der Waals surface area contributed by atoms with Gasteiger partial charge in [-0.3, -0.25) is 4.98 Å². The minimum atomic E-state index is 0.861. The molecule has 3 heteroatoms. The Balaban J connectivity index is 1.14. The van der Waals surface area contributed by atoms with Crippen molar-refractivity contribution in [1.29, 1.82) is 0 Å². The van der Waals surface area contributed by atoms with Crippen LogP contribution >= 0.6 is 11.3 Å². The van der Waals surface area contributed by atoms with Gasteiger partial charge in [0.2, 0.25) is 0 Å². The zero-order chi connectivity index (χ0) is 36.3. The van der Waals surface area contributed by atoms with Crippen LogP contribution in [-0.4, -0.2) is 9.97 Å².